The number of nitrogens with zero attached hydrogens (tertiary/aromatic N) is 2. The minimum absolute atomic E-state index is 0.125. The van der Waals surface area contributed by atoms with E-state index in [1.165, 1.54) is 16.7 Å². The Hall–Kier alpha value is -1.10. The molecule has 0 aliphatic carbocycles. The van der Waals surface area contributed by atoms with Crippen LogP contribution in [0.2, 0.25) is 0 Å². The van der Waals surface area contributed by atoms with Crippen LogP contribution in [0.1, 0.15) is 26.2 Å². The average Bonchev–Trinajstić information content (AvgIpc) is 2.65. The van der Waals surface area contributed by atoms with Crippen molar-refractivity contribution >= 4 is 28.7 Å². The molecule has 0 aromatic carbocycles. The lowest BCUT2D eigenvalue weighted by molar-refractivity contribution is -0.138. The van der Waals surface area contributed by atoms with E-state index in [2.05, 4.69) is 4.99 Å². The molecule has 80 valence electrons. The quantitative estimate of drug-likeness (QED) is 0.686. The molecule has 0 spiro atoms. The molecule has 4 nitrogen and oxygen atoms in total. The van der Waals surface area contributed by atoms with Crippen LogP contribution in [0.5, 0.6) is 0 Å². The maximum absolute atomic E-state index is 11.9. The Labute approximate surface area is 92.4 Å². The molecule has 2 aliphatic rings. The number of hydrogen-bond donors (Lipinski definition) is 0. The van der Waals surface area contributed by atoms with Crippen molar-refractivity contribution in [2.24, 2.45) is 10.9 Å². The maximum atomic E-state index is 11.9. The van der Waals surface area contributed by atoms with Crippen LogP contribution < -0.4 is 0 Å². The molecular formula is C10H12N2O2S. The van der Waals surface area contributed by atoms with Crippen LogP contribution in [0.25, 0.3) is 0 Å². The van der Waals surface area contributed by atoms with E-state index < -0.39 is 5.92 Å². The molecule has 15 heavy (non-hydrogen) atoms. The van der Waals surface area contributed by atoms with E-state index >= 15 is 0 Å². The van der Waals surface area contributed by atoms with Crippen LogP contribution >= 0.6 is 11.8 Å². The summed E-state index contributed by atoms with van der Waals surface area (Å²) in [7, 11) is 0. The second-order valence-corrected chi connectivity index (χ2v) is 4.41. The zero-order valence-corrected chi connectivity index (χ0v) is 9.29. The minimum atomic E-state index is -0.558. The van der Waals surface area contributed by atoms with Crippen molar-refractivity contribution in [2.45, 2.75) is 26.2 Å². The first kappa shape index (κ1) is 10.4. The van der Waals surface area contributed by atoms with Crippen molar-refractivity contribution in [1.29, 1.82) is 0 Å². The highest BCUT2D eigenvalue weighted by Gasteiger charge is 2.37. The molecule has 5 heteroatoms. The summed E-state index contributed by atoms with van der Waals surface area (Å²) in [5.74, 6) is -0.965. The van der Waals surface area contributed by atoms with Gasteiger partial charge in [0.25, 0.3) is 5.91 Å². The Morgan fingerprint density at radius 1 is 1.53 bits per heavy atom. The number of carbonyl (C=O) groups excluding carboxylic acids is 2. The van der Waals surface area contributed by atoms with Gasteiger partial charge in [0.2, 0.25) is 5.91 Å². The van der Waals surface area contributed by atoms with Crippen LogP contribution in [0.3, 0.4) is 0 Å². The number of rotatable bonds is 3. The molecule has 2 rings (SSSR count). The number of unbranched alkanes of at least 4 members (excludes halogenated alkanes) is 1. The van der Waals surface area contributed by atoms with Crippen molar-refractivity contribution in [1.82, 2.24) is 4.90 Å². The number of aliphatic imine (C=N–C) groups is 1. The Kier molecular flexibility index (Phi) is 2.90. The van der Waals surface area contributed by atoms with Gasteiger partial charge in [0.15, 0.2) is 5.17 Å². The molecule has 2 amide bonds. The highest BCUT2D eigenvalue weighted by Crippen LogP contribution is 2.28. The third kappa shape index (κ3) is 1.84. The monoisotopic (exact) mass is 224 g/mol. The smallest absolute Gasteiger partial charge is 0.260 e. The predicted octanol–water partition coefficient (Wildman–Crippen LogP) is 1.74. The zero-order valence-electron chi connectivity index (χ0n) is 8.47. The second kappa shape index (κ2) is 4.18. The zero-order chi connectivity index (χ0) is 10.8. The third-order valence-corrected chi connectivity index (χ3v) is 3.23. The van der Waals surface area contributed by atoms with E-state index in [4.69, 9.17) is 0 Å². The van der Waals surface area contributed by atoms with Gasteiger partial charge >= 0.3 is 0 Å². The van der Waals surface area contributed by atoms with Crippen LogP contribution in [0, 0.1) is 5.92 Å². The molecule has 0 aromatic rings. The molecule has 0 bridgehead atoms. The van der Waals surface area contributed by atoms with Gasteiger partial charge in [-0.1, -0.05) is 31.5 Å². The maximum Gasteiger partial charge on any atom is 0.260 e. The van der Waals surface area contributed by atoms with Gasteiger partial charge in [-0.05, 0) is 11.8 Å². The molecule has 0 N–H and O–H groups in total. The number of amidine groups is 1. The van der Waals surface area contributed by atoms with Gasteiger partial charge in [0.1, 0.15) is 5.92 Å². The first-order valence-corrected chi connectivity index (χ1v) is 5.91. The lowest BCUT2D eigenvalue weighted by Crippen LogP contribution is -2.41. The van der Waals surface area contributed by atoms with Crippen molar-refractivity contribution in [3.8, 4) is 0 Å². The van der Waals surface area contributed by atoms with E-state index in [0.29, 0.717) is 11.6 Å². The molecule has 2 aliphatic heterocycles. The standard InChI is InChI=1S/C10H12N2O2S/c1-2-3-4-7-8(13)11-10-12(9(7)14)5-6-15-10/h5-7H,2-4H2,1H3. The van der Waals surface area contributed by atoms with Gasteiger partial charge in [0.05, 0.1) is 0 Å². The fourth-order valence-corrected chi connectivity index (χ4v) is 2.33. The first-order chi connectivity index (χ1) is 7.24. The molecular weight excluding hydrogens is 212 g/mol. The predicted molar refractivity (Wildman–Crippen MR) is 59.0 cm³/mol. The first-order valence-electron chi connectivity index (χ1n) is 5.03. The summed E-state index contributed by atoms with van der Waals surface area (Å²) < 4.78 is 0. The van der Waals surface area contributed by atoms with Gasteiger partial charge in [-0.15, -0.1) is 0 Å². The van der Waals surface area contributed by atoms with Gasteiger partial charge in [0, 0.05) is 6.20 Å². The van der Waals surface area contributed by atoms with E-state index in [1.807, 2.05) is 6.92 Å². The van der Waals surface area contributed by atoms with Crippen LogP contribution in [0.4, 0.5) is 0 Å². The number of thioether (sulfide) groups is 1. The molecule has 2 heterocycles. The van der Waals surface area contributed by atoms with Crippen LogP contribution in [-0.2, 0) is 9.59 Å². The Balaban J connectivity index is 2.17. The number of carbonyl (C=O) groups is 2. The summed E-state index contributed by atoms with van der Waals surface area (Å²) in [5.41, 5.74) is 0. The molecule has 1 unspecified atom stereocenters. The third-order valence-electron chi connectivity index (χ3n) is 2.48. The second-order valence-electron chi connectivity index (χ2n) is 3.54. The molecule has 1 atom stereocenters. The Morgan fingerprint density at radius 2 is 2.33 bits per heavy atom. The van der Waals surface area contributed by atoms with E-state index in [1.54, 1.807) is 11.6 Å². The van der Waals surface area contributed by atoms with E-state index in [0.717, 1.165) is 12.8 Å². The number of fused-ring (bicyclic) bond motifs is 1. The summed E-state index contributed by atoms with van der Waals surface area (Å²) >= 11 is 1.31. The Bertz CT molecular complexity index is 362. The summed E-state index contributed by atoms with van der Waals surface area (Å²) in [6.07, 6.45) is 4.16. The van der Waals surface area contributed by atoms with Crippen LogP contribution in [-0.4, -0.2) is 21.9 Å². The molecule has 0 saturated heterocycles. The van der Waals surface area contributed by atoms with Gasteiger partial charge in [-0.3, -0.25) is 14.5 Å². The van der Waals surface area contributed by atoms with E-state index in [9.17, 15) is 9.59 Å². The van der Waals surface area contributed by atoms with Crippen molar-refractivity contribution in [3.63, 3.8) is 0 Å². The van der Waals surface area contributed by atoms with E-state index in [-0.39, 0.29) is 11.8 Å². The van der Waals surface area contributed by atoms with Crippen LogP contribution in [0.15, 0.2) is 16.6 Å². The largest absolute Gasteiger partial charge is 0.273 e. The SMILES string of the molecule is CCCCC1C(=O)N=C2SC=CN2C1=O. The highest BCUT2D eigenvalue weighted by molar-refractivity contribution is 8.16. The normalized spacial score (nSPS) is 24.5. The summed E-state index contributed by atoms with van der Waals surface area (Å²) in [6, 6.07) is 0. The molecule has 0 fully saturated rings. The lowest BCUT2D eigenvalue weighted by atomic mass is 9.99. The summed E-state index contributed by atoms with van der Waals surface area (Å²) in [5, 5.41) is 2.27. The van der Waals surface area contributed by atoms with Gasteiger partial charge in [-0.25, -0.2) is 0 Å². The fourth-order valence-electron chi connectivity index (χ4n) is 1.62. The topological polar surface area (TPSA) is 49.7 Å². The average molecular weight is 224 g/mol. The van der Waals surface area contributed by atoms with Crippen molar-refractivity contribution in [2.75, 3.05) is 0 Å². The lowest BCUT2D eigenvalue weighted by Gasteiger charge is -2.24. The fraction of sp³-hybridized carbons (Fsp3) is 0.500. The number of amides is 2. The molecule has 0 radical (unpaired) electrons. The minimum Gasteiger partial charge on any atom is -0.273 e. The van der Waals surface area contributed by atoms with Crippen molar-refractivity contribution in [3.05, 3.63) is 11.6 Å². The summed E-state index contributed by atoms with van der Waals surface area (Å²) in [4.78, 5) is 28.9. The van der Waals surface area contributed by atoms with Gasteiger partial charge < -0.3 is 0 Å². The molecule has 0 aromatic heterocycles. The highest BCUT2D eigenvalue weighted by atomic mass is 32.2. The Morgan fingerprint density at radius 3 is 3.07 bits per heavy atom. The van der Waals surface area contributed by atoms with Crippen molar-refractivity contribution < 1.29 is 9.59 Å². The van der Waals surface area contributed by atoms with Gasteiger partial charge in [-0.2, -0.15) is 4.99 Å². The molecule has 0 saturated carbocycles. The number of hydrogen-bond acceptors (Lipinski definition) is 3. The summed E-state index contributed by atoms with van der Waals surface area (Å²) in [6.45, 7) is 2.04.